The van der Waals surface area contributed by atoms with Crippen molar-refractivity contribution in [3.8, 4) is 0 Å². The van der Waals surface area contributed by atoms with Gasteiger partial charge in [-0.05, 0) is 18.4 Å². The molecule has 0 radical (unpaired) electrons. The van der Waals surface area contributed by atoms with E-state index in [0.717, 1.165) is 44.1 Å². The van der Waals surface area contributed by atoms with Gasteiger partial charge < -0.3 is 35.0 Å². The molecule has 1 aromatic carbocycles. The smallest absolute Gasteiger partial charge is 0.407 e. The number of amides is 2. The van der Waals surface area contributed by atoms with Gasteiger partial charge in [-0.3, -0.25) is 4.79 Å². The van der Waals surface area contributed by atoms with Gasteiger partial charge in [0.1, 0.15) is 31.0 Å². The van der Waals surface area contributed by atoms with Crippen molar-refractivity contribution in [3.63, 3.8) is 0 Å². The van der Waals surface area contributed by atoms with E-state index in [1.807, 2.05) is 30.3 Å². The Bertz CT molecular complexity index is 1120. The normalized spacial score (nSPS) is 19.2. The zero-order valence-corrected chi connectivity index (χ0v) is 37.9. The van der Waals surface area contributed by atoms with Crippen LogP contribution in [0.1, 0.15) is 225 Å². The second kappa shape index (κ2) is 36.5. The van der Waals surface area contributed by atoms with E-state index in [-0.39, 0.29) is 12.5 Å². The molecule has 1 fully saturated rings. The first kappa shape index (κ1) is 52.9. The minimum Gasteiger partial charge on any atom is -0.445 e. The Hall–Kier alpha value is -2.20. The predicted octanol–water partition coefficient (Wildman–Crippen LogP) is 12.1. The summed E-state index contributed by atoms with van der Waals surface area (Å²) in [6, 6.07) is 8.16. The first-order valence-corrected chi connectivity index (χ1v) is 24.8. The lowest BCUT2D eigenvalue weighted by Gasteiger charge is -2.46. The molecule has 0 saturated carbocycles. The molecule has 0 spiro atoms. The lowest BCUT2D eigenvalue weighted by atomic mass is 9.95. The fourth-order valence-corrected chi connectivity index (χ4v) is 8.44. The van der Waals surface area contributed by atoms with Gasteiger partial charge >= 0.3 is 6.09 Å². The maximum Gasteiger partial charge on any atom is 0.407 e. The third-order valence-corrected chi connectivity index (χ3v) is 12.3. The molecule has 2 amide bonds. The average Bonchev–Trinajstić information content (AvgIpc) is 3.25. The Morgan fingerprint density at radius 2 is 1.00 bits per heavy atom. The average molecular weight is 831 g/mol. The largest absolute Gasteiger partial charge is 0.445 e. The molecule has 1 heterocycles. The predicted molar refractivity (Wildman–Crippen MR) is 242 cm³/mol. The Morgan fingerprint density at radius 1 is 0.593 bits per heavy atom. The van der Waals surface area contributed by atoms with Crippen molar-refractivity contribution >= 4 is 12.0 Å². The number of nitrogens with zero attached hydrogens (tertiary/aromatic N) is 1. The fraction of sp³-hybridized carbons (Fsp3) is 0.840. The van der Waals surface area contributed by atoms with Gasteiger partial charge in [-0.1, -0.05) is 230 Å². The van der Waals surface area contributed by atoms with Crippen LogP contribution in [0.5, 0.6) is 0 Å². The van der Waals surface area contributed by atoms with Gasteiger partial charge in [0.05, 0.1) is 6.61 Å². The highest BCUT2D eigenvalue weighted by atomic mass is 16.6. The monoisotopic (exact) mass is 831 g/mol. The number of aliphatic hydroxyl groups excluding tert-OH is 3. The summed E-state index contributed by atoms with van der Waals surface area (Å²) in [5.74, 6) is -0.101. The van der Waals surface area contributed by atoms with Crippen LogP contribution < -0.4 is 5.32 Å². The van der Waals surface area contributed by atoms with Crippen LogP contribution in [0.4, 0.5) is 4.79 Å². The number of benzene rings is 1. The fourth-order valence-electron chi connectivity index (χ4n) is 8.44. The lowest BCUT2D eigenvalue weighted by Crippen LogP contribution is -2.68. The molecule has 4 N–H and O–H groups in total. The Labute approximate surface area is 361 Å². The topological polar surface area (TPSA) is 129 Å². The van der Waals surface area contributed by atoms with Crippen molar-refractivity contribution in [2.45, 2.75) is 257 Å². The molecular weight excluding hydrogens is 741 g/mol. The molecule has 59 heavy (non-hydrogen) atoms. The van der Waals surface area contributed by atoms with E-state index in [0.29, 0.717) is 13.0 Å². The van der Waals surface area contributed by atoms with Gasteiger partial charge in [-0.15, -0.1) is 0 Å². The molecule has 1 saturated heterocycles. The lowest BCUT2D eigenvalue weighted by molar-refractivity contribution is -0.230. The minimum absolute atomic E-state index is 0.0316. The first-order chi connectivity index (χ1) is 28.9. The van der Waals surface area contributed by atoms with Crippen molar-refractivity contribution in [2.75, 3.05) is 13.2 Å². The summed E-state index contributed by atoms with van der Waals surface area (Å²) in [4.78, 5) is 28.7. The molecule has 2 rings (SSSR count). The van der Waals surface area contributed by atoms with E-state index in [4.69, 9.17) is 9.47 Å². The van der Waals surface area contributed by atoms with Crippen LogP contribution in [0.2, 0.25) is 0 Å². The molecule has 9 nitrogen and oxygen atoms in total. The van der Waals surface area contributed by atoms with E-state index in [9.17, 15) is 24.9 Å². The minimum atomic E-state index is -1.47. The van der Waals surface area contributed by atoms with Crippen molar-refractivity contribution in [1.29, 1.82) is 0 Å². The van der Waals surface area contributed by atoms with E-state index < -0.39 is 43.3 Å². The van der Waals surface area contributed by atoms with Gasteiger partial charge in [0, 0.05) is 13.0 Å². The summed E-state index contributed by atoms with van der Waals surface area (Å²) in [6.45, 7) is 4.44. The summed E-state index contributed by atoms with van der Waals surface area (Å²) in [6.07, 6.45) is 33.2. The van der Waals surface area contributed by atoms with Gasteiger partial charge in [0.15, 0.2) is 6.23 Å². The van der Waals surface area contributed by atoms with Gasteiger partial charge in [-0.2, -0.15) is 0 Å². The van der Waals surface area contributed by atoms with Gasteiger partial charge in [-0.25, -0.2) is 4.79 Å². The standard InChI is InChI=1S/C50H90N2O7/c1-3-5-7-9-11-13-15-17-19-21-23-25-27-29-31-36-40-52(45(54)39-35-30-28-26-24-22-20-18-16-14-12-10-8-6-4-2)49-46(48(56)47(55)44(41-53)59-49)51-50(57)58-42-43-37-33-32-34-38-43/h32-34,37-38,44,46-49,53,55-56H,3-31,35-36,39-42H2,1-2H3,(H,51,57)/t44-,46-,47-,48-,49?/m1/s1. The van der Waals surface area contributed by atoms with Crippen LogP contribution in [-0.4, -0.2) is 76.0 Å². The van der Waals surface area contributed by atoms with Crippen LogP contribution in [0, 0.1) is 0 Å². The third-order valence-electron chi connectivity index (χ3n) is 12.3. The SMILES string of the molecule is CCCCCCCCCCCCCCCCCCN(C(=O)CCCCCCCCCCCCCCCCC)C1O[C@H](CO)[C@@H](O)[C@H](O)[C@H]1NC(=O)OCc1ccccc1. The Balaban J connectivity index is 1.85. The highest BCUT2D eigenvalue weighted by Gasteiger charge is 2.48. The molecule has 1 unspecified atom stereocenters. The molecule has 0 aromatic heterocycles. The zero-order chi connectivity index (χ0) is 42.6. The maximum absolute atomic E-state index is 14.0. The van der Waals surface area contributed by atoms with Crippen LogP contribution >= 0.6 is 0 Å². The second-order valence-corrected chi connectivity index (χ2v) is 17.6. The molecule has 0 bridgehead atoms. The summed E-state index contributed by atoms with van der Waals surface area (Å²) in [5.41, 5.74) is 0.809. The molecule has 9 heteroatoms. The highest BCUT2D eigenvalue weighted by molar-refractivity contribution is 5.76. The number of hydrogen-bond donors (Lipinski definition) is 4. The van der Waals surface area contributed by atoms with Crippen molar-refractivity contribution in [3.05, 3.63) is 35.9 Å². The van der Waals surface area contributed by atoms with Crippen molar-refractivity contribution in [2.24, 2.45) is 0 Å². The van der Waals surface area contributed by atoms with Crippen LogP contribution in [0.25, 0.3) is 0 Å². The quantitative estimate of drug-likeness (QED) is 0.0489. The molecule has 1 aliphatic heterocycles. The van der Waals surface area contributed by atoms with Crippen LogP contribution in [0.3, 0.4) is 0 Å². The van der Waals surface area contributed by atoms with E-state index >= 15 is 0 Å². The number of hydrogen-bond acceptors (Lipinski definition) is 7. The molecule has 0 aliphatic carbocycles. The second-order valence-electron chi connectivity index (χ2n) is 17.6. The summed E-state index contributed by atoms with van der Waals surface area (Å²) >= 11 is 0. The third kappa shape index (κ3) is 25.4. The van der Waals surface area contributed by atoms with E-state index in [2.05, 4.69) is 19.2 Å². The van der Waals surface area contributed by atoms with Gasteiger partial charge in [0.25, 0.3) is 0 Å². The number of nitrogens with one attached hydrogen (secondary N) is 1. The van der Waals surface area contributed by atoms with E-state index in [1.165, 1.54) is 161 Å². The summed E-state index contributed by atoms with van der Waals surface area (Å²) < 4.78 is 11.6. The number of alkyl carbamates (subject to hydrolysis) is 1. The number of carbonyl (C=O) groups is 2. The summed E-state index contributed by atoms with van der Waals surface area (Å²) in [7, 11) is 0. The first-order valence-electron chi connectivity index (χ1n) is 24.8. The summed E-state index contributed by atoms with van der Waals surface area (Å²) in [5, 5.41) is 34.8. The highest BCUT2D eigenvalue weighted by Crippen LogP contribution is 2.26. The molecule has 1 aromatic rings. The number of ether oxygens (including phenoxy) is 2. The van der Waals surface area contributed by atoms with Crippen LogP contribution in [-0.2, 0) is 20.9 Å². The number of aliphatic hydroxyl groups is 3. The van der Waals surface area contributed by atoms with Crippen molar-refractivity contribution in [1.82, 2.24) is 10.2 Å². The van der Waals surface area contributed by atoms with Gasteiger partial charge in [0.2, 0.25) is 5.91 Å². The number of carbonyl (C=O) groups excluding carboxylic acids is 2. The molecule has 342 valence electrons. The van der Waals surface area contributed by atoms with Crippen LogP contribution in [0.15, 0.2) is 30.3 Å². The number of rotatable bonds is 38. The molecular formula is C50H90N2O7. The van der Waals surface area contributed by atoms with Crippen molar-refractivity contribution < 1.29 is 34.4 Å². The Kier molecular flexibility index (Phi) is 32.7. The maximum atomic E-state index is 14.0. The molecule has 5 atom stereocenters. The zero-order valence-electron chi connectivity index (χ0n) is 37.9. The number of unbranched alkanes of at least 4 members (excludes halogenated alkanes) is 29. The Morgan fingerprint density at radius 3 is 1.42 bits per heavy atom. The van der Waals surface area contributed by atoms with E-state index in [1.54, 1.807) is 4.90 Å². The molecule has 1 aliphatic rings.